The average molecular weight is 476 g/mol. The van der Waals surface area contributed by atoms with E-state index in [1.54, 1.807) is 0 Å². The van der Waals surface area contributed by atoms with Gasteiger partial charge < -0.3 is 14.2 Å². The number of fused-ring (bicyclic) bond motifs is 1. The van der Waals surface area contributed by atoms with Crippen molar-refractivity contribution >= 4 is 21.8 Å². The standard InChI is InChI=1S/C22H30BrN5O2/c23-18-7-3-4-8-19(18)30-16-6-10-22(29)27-14-12-26(13-15-27)17-21-25-24-20-9-2-1-5-11-28(20)21/h3-4,7-8H,1-2,5-6,9-17H2. The number of nitrogens with zero attached hydrogens (tertiary/aromatic N) is 5. The van der Waals surface area contributed by atoms with Gasteiger partial charge in [0.1, 0.15) is 17.4 Å². The number of rotatable bonds is 7. The predicted octanol–water partition coefficient (Wildman–Crippen LogP) is 3.27. The maximum atomic E-state index is 12.5. The van der Waals surface area contributed by atoms with Crippen molar-refractivity contribution in [1.29, 1.82) is 0 Å². The van der Waals surface area contributed by atoms with Crippen molar-refractivity contribution in [3.8, 4) is 5.75 Å². The van der Waals surface area contributed by atoms with E-state index in [-0.39, 0.29) is 5.91 Å². The second kappa shape index (κ2) is 10.4. The van der Waals surface area contributed by atoms with E-state index >= 15 is 0 Å². The molecule has 30 heavy (non-hydrogen) atoms. The van der Waals surface area contributed by atoms with Gasteiger partial charge in [-0.2, -0.15) is 0 Å². The van der Waals surface area contributed by atoms with Gasteiger partial charge in [0.05, 0.1) is 17.6 Å². The van der Waals surface area contributed by atoms with Crippen LogP contribution in [0.4, 0.5) is 0 Å². The van der Waals surface area contributed by atoms with E-state index < -0.39 is 0 Å². The van der Waals surface area contributed by atoms with Crippen LogP contribution in [0.25, 0.3) is 0 Å². The third kappa shape index (κ3) is 5.40. The van der Waals surface area contributed by atoms with E-state index in [1.807, 2.05) is 29.2 Å². The molecular formula is C22H30BrN5O2. The molecule has 0 saturated carbocycles. The predicted molar refractivity (Wildman–Crippen MR) is 118 cm³/mol. The number of carbonyl (C=O) groups is 1. The second-order valence-corrected chi connectivity index (χ2v) is 8.89. The second-order valence-electron chi connectivity index (χ2n) is 8.03. The zero-order valence-electron chi connectivity index (χ0n) is 17.4. The maximum absolute atomic E-state index is 12.5. The van der Waals surface area contributed by atoms with Gasteiger partial charge in [-0.3, -0.25) is 9.69 Å². The van der Waals surface area contributed by atoms with Crippen molar-refractivity contribution in [2.45, 2.75) is 51.6 Å². The van der Waals surface area contributed by atoms with Crippen LogP contribution in [-0.4, -0.2) is 63.3 Å². The van der Waals surface area contributed by atoms with Gasteiger partial charge in [-0.15, -0.1) is 10.2 Å². The first-order chi connectivity index (χ1) is 14.7. The molecule has 0 atom stereocenters. The highest BCUT2D eigenvalue weighted by Gasteiger charge is 2.23. The summed E-state index contributed by atoms with van der Waals surface area (Å²) in [7, 11) is 0. The molecule has 0 bridgehead atoms. The molecule has 8 heteroatoms. The third-order valence-electron chi connectivity index (χ3n) is 5.91. The lowest BCUT2D eigenvalue weighted by Crippen LogP contribution is -2.48. The quantitative estimate of drug-likeness (QED) is 0.574. The summed E-state index contributed by atoms with van der Waals surface area (Å²) in [6.45, 7) is 5.76. The lowest BCUT2D eigenvalue weighted by atomic mass is 10.2. The molecule has 0 unspecified atom stereocenters. The number of carbonyl (C=O) groups excluding carboxylic acids is 1. The number of piperazine rings is 1. The molecule has 1 amide bonds. The summed E-state index contributed by atoms with van der Waals surface area (Å²) in [4.78, 5) is 16.9. The number of halogens is 1. The summed E-state index contributed by atoms with van der Waals surface area (Å²) >= 11 is 3.48. The first-order valence-electron chi connectivity index (χ1n) is 11.0. The molecule has 0 aliphatic carbocycles. The molecule has 4 rings (SSSR count). The zero-order valence-corrected chi connectivity index (χ0v) is 19.0. The van der Waals surface area contributed by atoms with Gasteiger partial charge in [0.15, 0.2) is 0 Å². The van der Waals surface area contributed by atoms with Gasteiger partial charge in [0.2, 0.25) is 5.91 Å². The molecule has 3 heterocycles. The van der Waals surface area contributed by atoms with E-state index in [9.17, 15) is 4.79 Å². The molecule has 1 aromatic heterocycles. The number of benzene rings is 1. The van der Waals surface area contributed by atoms with Gasteiger partial charge in [0, 0.05) is 45.6 Å². The van der Waals surface area contributed by atoms with Crippen molar-refractivity contribution in [2.75, 3.05) is 32.8 Å². The monoisotopic (exact) mass is 475 g/mol. The van der Waals surface area contributed by atoms with Gasteiger partial charge in [-0.05, 0) is 47.3 Å². The number of aryl methyl sites for hydroxylation is 1. The topological polar surface area (TPSA) is 63.5 Å². The number of ether oxygens (including phenoxy) is 1. The Morgan fingerprint density at radius 2 is 1.87 bits per heavy atom. The van der Waals surface area contributed by atoms with Crippen LogP contribution in [0.15, 0.2) is 28.7 Å². The number of hydrogen-bond acceptors (Lipinski definition) is 5. The van der Waals surface area contributed by atoms with Crippen LogP contribution in [0, 0.1) is 0 Å². The van der Waals surface area contributed by atoms with Gasteiger partial charge in [0.25, 0.3) is 0 Å². The molecule has 1 saturated heterocycles. The highest BCUT2D eigenvalue weighted by molar-refractivity contribution is 9.10. The Balaban J connectivity index is 1.18. The fourth-order valence-corrected chi connectivity index (χ4v) is 4.54. The Bertz CT molecular complexity index is 848. The van der Waals surface area contributed by atoms with Crippen molar-refractivity contribution < 1.29 is 9.53 Å². The van der Waals surface area contributed by atoms with E-state index in [4.69, 9.17) is 4.74 Å². The highest BCUT2D eigenvalue weighted by atomic mass is 79.9. The summed E-state index contributed by atoms with van der Waals surface area (Å²) in [5.41, 5.74) is 0. The Morgan fingerprint density at radius 1 is 1.03 bits per heavy atom. The zero-order chi connectivity index (χ0) is 20.8. The summed E-state index contributed by atoms with van der Waals surface area (Å²) in [6, 6.07) is 7.79. The van der Waals surface area contributed by atoms with E-state index in [0.717, 1.165) is 74.0 Å². The lowest BCUT2D eigenvalue weighted by molar-refractivity contribution is -0.133. The minimum Gasteiger partial charge on any atom is -0.492 e. The number of amides is 1. The van der Waals surface area contributed by atoms with Crippen molar-refractivity contribution in [1.82, 2.24) is 24.6 Å². The van der Waals surface area contributed by atoms with E-state index in [2.05, 4.69) is 35.6 Å². The summed E-state index contributed by atoms with van der Waals surface area (Å²) in [5, 5.41) is 8.84. The van der Waals surface area contributed by atoms with Gasteiger partial charge >= 0.3 is 0 Å². The van der Waals surface area contributed by atoms with Crippen LogP contribution in [0.3, 0.4) is 0 Å². The fourth-order valence-electron chi connectivity index (χ4n) is 4.14. The molecule has 2 aromatic rings. The van der Waals surface area contributed by atoms with Crippen molar-refractivity contribution in [3.05, 3.63) is 40.4 Å². The van der Waals surface area contributed by atoms with Gasteiger partial charge in [-0.25, -0.2) is 0 Å². The minimum atomic E-state index is 0.224. The Labute approximate surface area is 186 Å². The van der Waals surface area contributed by atoms with Crippen LogP contribution in [-0.2, 0) is 24.3 Å². The average Bonchev–Trinajstić information content (AvgIpc) is 2.98. The van der Waals surface area contributed by atoms with Crippen LogP contribution < -0.4 is 4.74 Å². The van der Waals surface area contributed by atoms with Crippen LogP contribution in [0.1, 0.15) is 43.8 Å². The smallest absolute Gasteiger partial charge is 0.222 e. The molecule has 2 aliphatic heterocycles. The van der Waals surface area contributed by atoms with E-state index in [0.29, 0.717) is 13.0 Å². The number of aromatic nitrogens is 3. The van der Waals surface area contributed by atoms with Crippen LogP contribution >= 0.6 is 15.9 Å². The van der Waals surface area contributed by atoms with E-state index in [1.165, 1.54) is 19.3 Å². The molecule has 1 fully saturated rings. The normalized spacial score (nSPS) is 17.4. The number of para-hydroxylation sites is 1. The number of hydrogen-bond donors (Lipinski definition) is 0. The molecule has 162 valence electrons. The maximum Gasteiger partial charge on any atom is 0.222 e. The minimum absolute atomic E-state index is 0.224. The molecule has 2 aliphatic rings. The Hall–Kier alpha value is -1.93. The first kappa shape index (κ1) is 21.3. The fraction of sp³-hybridized carbons (Fsp3) is 0.591. The van der Waals surface area contributed by atoms with Crippen molar-refractivity contribution in [3.63, 3.8) is 0 Å². The Kier molecular flexibility index (Phi) is 7.38. The molecule has 7 nitrogen and oxygen atoms in total. The van der Waals surface area contributed by atoms with Crippen LogP contribution in [0.2, 0.25) is 0 Å². The van der Waals surface area contributed by atoms with Gasteiger partial charge in [-0.1, -0.05) is 18.6 Å². The molecule has 0 spiro atoms. The summed E-state index contributed by atoms with van der Waals surface area (Å²) in [6.07, 6.45) is 6.00. The van der Waals surface area contributed by atoms with Crippen LogP contribution in [0.5, 0.6) is 5.75 Å². The molecule has 0 N–H and O–H groups in total. The lowest BCUT2D eigenvalue weighted by Gasteiger charge is -2.34. The van der Waals surface area contributed by atoms with Crippen molar-refractivity contribution in [2.24, 2.45) is 0 Å². The molecule has 1 aromatic carbocycles. The third-order valence-corrected chi connectivity index (χ3v) is 6.56. The molecule has 0 radical (unpaired) electrons. The molecular weight excluding hydrogens is 446 g/mol. The first-order valence-corrected chi connectivity index (χ1v) is 11.8. The highest BCUT2D eigenvalue weighted by Crippen LogP contribution is 2.24. The Morgan fingerprint density at radius 3 is 2.70 bits per heavy atom. The summed E-state index contributed by atoms with van der Waals surface area (Å²) in [5.74, 6) is 3.27. The SMILES string of the molecule is O=C(CCCOc1ccccc1Br)N1CCN(Cc2nnc3n2CCCCC3)CC1. The largest absolute Gasteiger partial charge is 0.492 e. The summed E-state index contributed by atoms with van der Waals surface area (Å²) < 4.78 is 9.02.